The highest BCUT2D eigenvalue weighted by molar-refractivity contribution is 7.89. The number of aromatic nitrogens is 2. The summed E-state index contributed by atoms with van der Waals surface area (Å²) in [6, 6.07) is 0. The lowest BCUT2D eigenvalue weighted by atomic mass is 10.4. The topological polar surface area (TPSA) is 95.2 Å². The van der Waals surface area contributed by atoms with Crippen molar-refractivity contribution in [3.8, 4) is 0 Å². The van der Waals surface area contributed by atoms with Gasteiger partial charge in [0.25, 0.3) is 10.0 Å². The summed E-state index contributed by atoms with van der Waals surface area (Å²) < 4.78 is 26.1. The van der Waals surface area contributed by atoms with Gasteiger partial charge in [0.1, 0.15) is 5.82 Å². The Bertz CT molecular complexity index is 520. The number of aromatic amines is 1. The first kappa shape index (κ1) is 15.6. The third-order valence-electron chi connectivity index (χ3n) is 2.76. The van der Waals surface area contributed by atoms with E-state index in [2.05, 4.69) is 14.7 Å². The molecule has 0 saturated carbocycles. The second kappa shape index (κ2) is 6.67. The van der Waals surface area contributed by atoms with E-state index < -0.39 is 10.0 Å². The molecule has 0 fully saturated rings. The lowest BCUT2D eigenvalue weighted by Crippen LogP contribution is -2.40. The highest BCUT2D eigenvalue weighted by Gasteiger charge is 2.19. The summed E-state index contributed by atoms with van der Waals surface area (Å²) in [5, 5.41) is -0.0169. The minimum Gasteiger partial charge on any atom is -0.342 e. The smallest absolute Gasteiger partial charge is 0.258 e. The van der Waals surface area contributed by atoms with Crippen LogP contribution in [0.5, 0.6) is 0 Å². The van der Waals surface area contributed by atoms with E-state index in [1.54, 1.807) is 4.90 Å². The van der Waals surface area contributed by atoms with Crippen molar-refractivity contribution in [1.29, 1.82) is 0 Å². The third kappa shape index (κ3) is 4.03. The zero-order valence-corrected chi connectivity index (χ0v) is 12.2. The third-order valence-corrected chi connectivity index (χ3v) is 4.07. The number of nitrogens with zero attached hydrogens (tertiary/aromatic N) is 2. The quantitative estimate of drug-likeness (QED) is 0.745. The van der Waals surface area contributed by atoms with Crippen molar-refractivity contribution in [2.75, 3.05) is 19.6 Å². The number of hydrogen-bond donors (Lipinski definition) is 2. The van der Waals surface area contributed by atoms with Gasteiger partial charge in [-0.1, -0.05) is 6.92 Å². The Hall–Kier alpha value is -1.41. The summed E-state index contributed by atoms with van der Waals surface area (Å²) in [4.78, 5) is 19.9. The average Bonchev–Trinajstić information content (AvgIpc) is 2.87. The van der Waals surface area contributed by atoms with Gasteiger partial charge in [0.15, 0.2) is 5.03 Å². The molecule has 0 unspecified atom stereocenters. The van der Waals surface area contributed by atoms with E-state index in [0.717, 1.165) is 0 Å². The van der Waals surface area contributed by atoms with Crippen LogP contribution < -0.4 is 4.72 Å². The van der Waals surface area contributed by atoms with Crippen molar-refractivity contribution in [3.63, 3.8) is 0 Å². The van der Waals surface area contributed by atoms with Gasteiger partial charge in [-0.05, 0) is 13.8 Å². The van der Waals surface area contributed by atoms with Gasteiger partial charge in [-0.15, -0.1) is 0 Å². The average molecular weight is 288 g/mol. The van der Waals surface area contributed by atoms with Crippen molar-refractivity contribution < 1.29 is 13.2 Å². The Labute approximate surface area is 113 Å². The van der Waals surface area contributed by atoms with E-state index in [4.69, 9.17) is 0 Å². The minimum atomic E-state index is -3.71. The predicted octanol–water partition coefficient (Wildman–Crippen LogP) is 0.119. The van der Waals surface area contributed by atoms with Crippen LogP contribution in [0.4, 0.5) is 0 Å². The van der Waals surface area contributed by atoms with E-state index >= 15 is 0 Å². The molecule has 108 valence electrons. The Morgan fingerprint density at radius 2 is 2.00 bits per heavy atom. The number of rotatable bonds is 7. The number of sulfonamides is 1. The number of carbonyl (C=O) groups excluding carboxylic acids is 1. The molecule has 0 aliphatic carbocycles. The normalized spacial score (nSPS) is 11.5. The van der Waals surface area contributed by atoms with E-state index in [-0.39, 0.29) is 17.5 Å². The molecule has 0 aliphatic rings. The van der Waals surface area contributed by atoms with Gasteiger partial charge in [0, 0.05) is 19.5 Å². The van der Waals surface area contributed by atoms with Crippen LogP contribution in [0.15, 0.2) is 11.2 Å². The molecule has 0 aromatic carbocycles. The molecule has 19 heavy (non-hydrogen) atoms. The second-order valence-electron chi connectivity index (χ2n) is 3.94. The molecule has 0 aliphatic heterocycles. The zero-order chi connectivity index (χ0) is 14.5. The van der Waals surface area contributed by atoms with Crippen LogP contribution in [-0.2, 0) is 21.2 Å². The highest BCUT2D eigenvalue weighted by Crippen LogP contribution is 2.05. The van der Waals surface area contributed by atoms with Crippen molar-refractivity contribution in [3.05, 3.63) is 12.0 Å². The van der Waals surface area contributed by atoms with Gasteiger partial charge in [0.2, 0.25) is 5.91 Å². The first-order valence-corrected chi connectivity index (χ1v) is 7.74. The number of hydrogen-bond acceptors (Lipinski definition) is 4. The van der Waals surface area contributed by atoms with Crippen molar-refractivity contribution in [2.45, 2.75) is 32.2 Å². The van der Waals surface area contributed by atoms with Crippen molar-refractivity contribution in [1.82, 2.24) is 19.6 Å². The molecular weight excluding hydrogens is 268 g/mol. The molecule has 1 rings (SSSR count). The summed E-state index contributed by atoms with van der Waals surface area (Å²) in [6.07, 6.45) is 1.87. The van der Waals surface area contributed by atoms with Gasteiger partial charge in [-0.3, -0.25) is 4.79 Å². The first-order chi connectivity index (χ1) is 8.94. The van der Waals surface area contributed by atoms with Crippen LogP contribution >= 0.6 is 0 Å². The first-order valence-electron chi connectivity index (χ1n) is 6.25. The number of imidazole rings is 1. The Balaban J connectivity index is 2.68. The van der Waals surface area contributed by atoms with Crippen LogP contribution in [0.1, 0.15) is 26.6 Å². The summed E-state index contributed by atoms with van der Waals surface area (Å²) in [5.41, 5.74) is 0. The SMILES string of the molecule is CCc1ncc(S(=O)(=O)NCC(=O)N(CC)CC)[nH]1. The fourth-order valence-corrected chi connectivity index (χ4v) is 2.49. The molecule has 0 radical (unpaired) electrons. The van der Waals surface area contributed by atoms with Crippen LogP contribution in [0, 0.1) is 0 Å². The molecule has 0 atom stereocenters. The van der Waals surface area contributed by atoms with Gasteiger partial charge < -0.3 is 9.88 Å². The second-order valence-corrected chi connectivity index (χ2v) is 5.67. The number of likely N-dealkylation sites (N-methyl/N-ethyl adjacent to an activating group) is 1. The fraction of sp³-hybridized carbons (Fsp3) is 0.636. The molecule has 1 amide bonds. The van der Waals surface area contributed by atoms with Gasteiger partial charge >= 0.3 is 0 Å². The van der Waals surface area contributed by atoms with Crippen molar-refractivity contribution >= 4 is 15.9 Å². The Kier molecular flexibility index (Phi) is 5.49. The van der Waals surface area contributed by atoms with Crippen LogP contribution in [0.3, 0.4) is 0 Å². The van der Waals surface area contributed by atoms with Gasteiger partial charge in [-0.25, -0.2) is 18.1 Å². The Morgan fingerprint density at radius 3 is 2.47 bits per heavy atom. The molecule has 0 bridgehead atoms. The molecule has 7 nitrogen and oxygen atoms in total. The predicted molar refractivity (Wildman–Crippen MR) is 71.1 cm³/mol. The van der Waals surface area contributed by atoms with Crippen molar-refractivity contribution in [2.24, 2.45) is 0 Å². The minimum absolute atomic E-state index is 0.0169. The maximum atomic E-state index is 11.9. The fourth-order valence-electron chi connectivity index (χ4n) is 1.58. The van der Waals surface area contributed by atoms with Crippen LogP contribution in [-0.4, -0.2) is 48.8 Å². The molecule has 0 spiro atoms. The molecule has 8 heteroatoms. The molecular formula is C11H20N4O3S. The largest absolute Gasteiger partial charge is 0.342 e. The lowest BCUT2D eigenvalue weighted by molar-refractivity contribution is -0.129. The number of H-pyrrole nitrogens is 1. The number of carbonyl (C=O) groups is 1. The number of nitrogens with one attached hydrogen (secondary N) is 2. The highest BCUT2D eigenvalue weighted by atomic mass is 32.2. The maximum absolute atomic E-state index is 11.9. The maximum Gasteiger partial charge on any atom is 0.258 e. The van der Waals surface area contributed by atoms with E-state index in [0.29, 0.717) is 25.3 Å². The molecule has 0 saturated heterocycles. The lowest BCUT2D eigenvalue weighted by Gasteiger charge is -2.18. The summed E-state index contributed by atoms with van der Waals surface area (Å²) in [5.74, 6) is 0.347. The Morgan fingerprint density at radius 1 is 1.37 bits per heavy atom. The summed E-state index contributed by atoms with van der Waals surface area (Å²) >= 11 is 0. The monoisotopic (exact) mass is 288 g/mol. The standard InChI is InChI=1S/C11H20N4O3S/c1-4-9-12-7-10(14-9)19(17,18)13-8-11(16)15(5-2)6-3/h7,13H,4-6,8H2,1-3H3,(H,12,14). The van der Waals surface area contributed by atoms with Gasteiger partial charge in [-0.2, -0.15) is 0 Å². The zero-order valence-electron chi connectivity index (χ0n) is 11.4. The number of amides is 1. The van der Waals surface area contributed by atoms with Crippen LogP contribution in [0.25, 0.3) is 0 Å². The summed E-state index contributed by atoms with van der Waals surface area (Å²) in [7, 11) is -3.71. The molecule has 1 aromatic heterocycles. The van der Waals surface area contributed by atoms with E-state index in [9.17, 15) is 13.2 Å². The molecule has 1 heterocycles. The van der Waals surface area contributed by atoms with E-state index in [1.165, 1.54) is 6.20 Å². The van der Waals surface area contributed by atoms with E-state index in [1.807, 2.05) is 20.8 Å². The molecule has 2 N–H and O–H groups in total. The number of aryl methyl sites for hydroxylation is 1. The van der Waals surface area contributed by atoms with Crippen LogP contribution in [0.2, 0.25) is 0 Å². The summed E-state index contributed by atoms with van der Waals surface area (Å²) in [6.45, 7) is 6.43. The van der Waals surface area contributed by atoms with Gasteiger partial charge in [0.05, 0.1) is 12.7 Å². The molecule has 1 aromatic rings.